The predicted molar refractivity (Wildman–Crippen MR) is 70.3 cm³/mol. The van der Waals surface area contributed by atoms with Crippen molar-refractivity contribution in [1.29, 1.82) is 0 Å². The van der Waals surface area contributed by atoms with E-state index < -0.39 is 6.10 Å². The summed E-state index contributed by atoms with van der Waals surface area (Å²) >= 11 is 0. The summed E-state index contributed by atoms with van der Waals surface area (Å²) in [5.74, 6) is 1.27. The van der Waals surface area contributed by atoms with Crippen molar-refractivity contribution in [3.63, 3.8) is 0 Å². The number of aliphatic hydroxyl groups is 1. The van der Waals surface area contributed by atoms with E-state index >= 15 is 0 Å². The fraction of sp³-hybridized carbons (Fsp3) is 0.538. The zero-order valence-electron chi connectivity index (χ0n) is 11.5. The topological polar surface area (TPSA) is 69.2 Å². The highest BCUT2D eigenvalue weighted by molar-refractivity contribution is 5.41. The van der Waals surface area contributed by atoms with Crippen molar-refractivity contribution in [1.82, 2.24) is 5.48 Å². The zero-order chi connectivity index (χ0) is 14.1. The van der Waals surface area contributed by atoms with Crippen LogP contribution < -0.4 is 15.0 Å². The van der Waals surface area contributed by atoms with E-state index in [4.69, 9.17) is 19.0 Å². The lowest BCUT2D eigenvalue weighted by atomic mass is 10.1. The van der Waals surface area contributed by atoms with Gasteiger partial charge in [0.15, 0.2) is 0 Å². The maximum Gasteiger partial charge on any atom is 0.124 e. The number of benzene rings is 1. The number of hydrogen-bond donors (Lipinski definition) is 2. The van der Waals surface area contributed by atoms with Crippen LogP contribution in [0.4, 0.5) is 0 Å². The monoisotopic (exact) mass is 271 g/mol. The maximum atomic E-state index is 10.1. The Kier molecular flexibility index (Phi) is 7.20. The van der Waals surface area contributed by atoms with Crippen LogP contribution in [0.15, 0.2) is 18.2 Å². The maximum absolute atomic E-state index is 10.1. The van der Waals surface area contributed by atoms with Gasteiger partial charge in [-0.2, -0.15) is 5.48 Å². The first-order valence-electron chi connectivity index (χ1n) is 5.96. The molecule has 0 aromatic heterocycles. The molecule has 1 atom stereocenters. The van der Waals surface area contributed by atoms with E-state index in [1.54, 1.807) is 39.5 Å². The smallest absolute Gasteiger partial charge is 0.124 e. The molecule has 0 amide bonds. The van der Waals surface area contributed by atoms with Gasteiger partial charge in [-0.3, -0.25) is 4.84 Å². The van der Waals surface area contributed by atoms with Crippen molar-refractivity contribution in [2.75, 3.05) is 41.1 Å². The van der Waals surface area contributed by atoms with E-state index in [2.05, 4.69) is 5.48 Å². The third-order valence-corrected chi connectivity index (χ3v) is 2.56. The Morgan fingerprint density at radius 2 is 1.95 bits per heavy atom. The van der Waals surface area contributed by atoms with Gasteiger partial charge < -0.3 is 19.3 Å². The molecule has 1 aromatic carbocycles. The van der Waals surface area contributed by atoms with Crippen LogP contribution in [0.2, 0.25) is 0 Å². The summed E-state index contributed by atoms with van der Waals surface area (Å²) in [6.45, 7) is 1.15. The van der Waals surface area contributed by atoms with Crippen LogP contribution in [-0.2, 0) is 9.57 Å². The predicted octanol–water partition coefficient (Wildman–Crippen LogP) is 0.905. The van der Waals surface area contributed by atoms with E-state index in [1.165, 1.54) is 0 Å². The normalized spacial score (nSPS) is 12.2. The molecule has 0 aliphatic carbocycles. The minimum atomic E-state index is -0.757. The summed E-state index contributed by atoms with van der Waals surface area (Å²) in [6, 6.07) is 5.26. The highest BCUT2D eigenvalue weighted by Gasteiger charge is 2.14. The zero-order valence-corrected chi connectivity index (χ0v) is 11.5. The Labute approximate surface area is 113 Å². The summed E-state index contributed by atoms with van der Waals surface area (Å²) in [5.41, 5.74) is 3.32. The van der Waals surface area contributed by atoms with Gasteiger partial charge in [-0.1, -0.05) is 0 Å². The number of nitrogens with one attached hydrogen (secondary N) is 1. The molecule has 1 aromatic rings. The molecule has 6 nitrogen and oxygen atoms in total. The highest BCUT2D eigenvalue weighted by Crippen LogP contribution is 2.28. The summed E-state index contributed by atoms with van der Waals surface area (Å²) in [5, 5.41) is 10.1. The van der Waals surface area contributed by atoms with Crippen LogP contribution in [0.25, 0.3) is 0 Å². The van der Waals surface area contributed by atoms with Gasteiger partial charge in [-0.05, 0) is 18.2 Å². The number of hydroxylamine groups is 1. The molecule has 6 heteroatoms. The van der Waals surface area contributed by atoms with Crippen molar-refractivity contribution in [3.05, 3.63) is 23.8 Å². The van der Waals surface area contributed by atoms with Gasteiger partial charge in [0.25, 0.3) is 0 Å². The first kappa shape index (κ1) is 15.7. The Morgan fingerprint density at radius 3 is 2.58 bits per heavy atom. The molecule has 0 saturated heterocycles. The quantitative estimate of drug-likeness (QED) is 0.514. The Balaban J connectivity index is 2.56. The van der Waals surface area contributed by atoms with E-state index in [9.17, 15) is 5.11 Å². The molecule has 0 spiro atoms. The summed E-state index contributed by atoms with van der Waals surface area (Å²) < 4.78 is 15.2. The van der Waals surface area contributed by atoms with E-state index in [0.717, 1.165) is 0 Å². The van der Waals surface area contributed by atoms with Crippen molar-refractivity contribution < 1.29 is 24.2 Å². The van der Waals surface area contributed by atoms with Gasteiger partial charge in [0.2, 0.25) is 0 Å². The second-order valence-electron chi connectivity index (χ2n) is 3.81. The summed E-state index contributed by atoms with van der Waals surface area (Å²) in [7, 11) is 4.73. The molecule has 0 heterocycles. The van der Waals surface area contributed by atoms with E-state index in [0.29, 0.717) is 30.3 Å². The summed E-state index contributed by atoms with van der Waals surface area (Å²) in [4.78, 5) is 5.09. The fourth-order valence-electron chi connectivity index (χ4n) is 1.54. The number of ether oxygens (including phenoxy) is 3. The molecule has 0 bridgehead atoms. The third-order valence-electron chi connectivity index (χ3n) is 2.56. The van der Waals surface area contributed by atoms with Gasteiger partial charge >= 0.3 is 0 Å². The van der Waals surface area contributed by atoms with Crippen molar-refractivity contribution in [2.24, 2.45) is 0 Å². The lowest BCUT2D eigenvalue weighted by Gasteiger charge is -2.16. The largest absolute Gasteiger partial charge is 0.497 e. The molecule has 1 unspecified atom stereocenters. The fourth-order valence-corrected chi connectivity index (χ4v) is 1.54. The Hall–Kier alpha value is -1.34. The van der Waals surface area contributed by atoms with Crippen LogP contribution in [0, 0.1) is 0 Å². The van der Waals surface area contributed by atoms with Crippen molar-refractivity contribution in [3.8, 4) is 11.5 Å². The number of rotatable bonds is 9. The van der Waals surface area contributed by atoms with Gasteiger partial charge in [0.05, 0.1) is 40.1 Å². The molecule has 0 saturated carbocycles. The molecule has 19 heavy (non-hydrogen) atoms. The van der Waals surface area contributed by atoms with Gasteiger partial charge in [-0.25, -0.2) is 0 Å². The SMILES string of the molecule is COCCONCC(O)c1cc(OC)ccc1OC. The molecule has 0 fully saturated rings. The Morgan fingerprint density at radius 1 is 1.16 bits per heavy atom. The molecule has 1 rings (SSSR count). The van der Waals surface area contributed by atoms with Crippen LogP contribution in [0.1, 0.15) is 11.7 Å². The molecular weight excluding hydrogens is 250 g/mol. The first-order valence-corrected chi connectivity index (χ1v) is 5.96. The lowest BCUT2D eigenvalue weighted by Crippen LogP contribution is -2.23. The number of hydrogen-bond acceptors (Lipinski definition) is 6. The third kappa shape index (κ3) is 5.04. The highest BCUT2D eigenvalue weighted by atomic mass is 16.7. The van der Waals surface area contributed by atoms with Crippen LogP contribution >= 0.6 is 0 Å². The standard InChI is InChI=1S/C13H21NO5/c1-16-6-7-19-14-9-12(15)11-8-10(17-2)4-5-13(11)18-3/h4-5,8,12,14-15H,6-7,9H2,1-3H3. The van der Waals surface area contributed by atoms with Crippen LogP contribution in [0.5, 0.6) is 11.5 Å². The molecule has 108 valence electrons. The molecular formula is C13H21NO5. The minimum absolute atomic E-state index is 0.243. The minimum Gasteiger partial charge on any atom is -0.497 e. The lowest BCUT2D eigenvalue weighted by molar-refractivity contribution is -0.0115. The second-order valence-corrected chi connectivity index (χ2v) is 3.81. The van der Waals surface area contributed by atoms with Gasteiger partial charge in [0.1, 0.15) is 11.5 Å². The molecule has 0 aliphatic heterocycles. The van der Waals surface area contributed by atoms with Crippen LogP contribution in [-0.4, -0.2) is 46.2 Å². The molecule has 2 N–H and O–H groups in total. The van der Waals surface area contributed by atoms with Crippen molar-refractivity contribution in [2.45, 2.75) is 6.10 Å². The van der Waals surface area contributed by atoms with E-state index in [-0.39, 0.29) is 6.54 Å². The molecule has 0 aliphatic rings. The van der Waals surface area contributed by atoms with Crippen LogP contribution in [0.3, 0.4) is 0 Å². The van der Waals surface area contributed by atoms with Gasteiger partial charge in [-0.15, -0.1) is 0 Å². The van der Waals surface area contributed by atoms with E-state index in [1.807, 2.05) is 0 Å². The van der Waals surface area contributed by atoms with Crippen molar-refractivity contribution >= 4 is 0 Å². The first-order chi connectivity index (χ1) is 9.22. The Bertz CT molecular complexity index is 372. The second kappa shape index (κ2) is 8.71. The number of methoxy groups -OCH3 is 3. The average Bonchev–Trinajstić information content (AvgIpc) is 2.46. The number of aliphatic hydroxyl groups excluding tert-OH is 1. The molecule has 0 radical (unpaired) electrons. The summed E-state index contributed by atoms with van der Waals surface area (Å²) in [6.07, 6.45) is -0.757. The van der Waals surface area contributed by atoms with Gasteiger partial charge in [0, 0.05) is 12.7 Å². The average molecular weight is 271 g/mol.